The number of aliphatic carboxylic acids is 3. The van der Waals surface area contributed by atoms with Gasteiger partial charge in [-0.3, -0.25) is 14.4 Å². The molecule has 3 atom stereocenters. The van der Waals surface area contributed by atoms with Crippen LogP contribution in [-0.2, 0) is 23.9 Å². The highest BCUT2D eigenvalue weighted by molar-refractivity contribution is 5.95. The molecular formula is C18H30O9. The van der Waals surface area contributed by atoms with Gasteiger partial charge in [0.15, 0.2) is 5.60 Å². The van der Waals surface area contributed by atoms with E-state index < -0.39 is 47.2 Å². The number of aliphatic hydroxyl groups is 1. The van der Waals surface area contributed by atoms with Gasteiger partial charge in [-0.2, -0.15) is 0 Å². The minimum Gasteiger partial charge on any atom is -0.481 e. The molecular weight excluding hydrogens is 360 g/mol. The summed E-state index contributed by atoms with van der Waals surface area (Å²) in [4.78, 5) is 48.1. The second-order valence-corrected chi connectivity index (χ2v) is 6.58. The molecule has 0 saturated heterocycles. The number of rotatable bonds is 14. The van der Waals surface area contributed by atoms with E-state index in [1.165, 1.54) is 6.92 Å². The van der Waals surface area contributed by atoms with Gasteiger partial charge >= 0.3 is 23.9 Å². The first kappa shape index (κ1) is 24.8. The van der Waals surface area contributed by atoms with Crippen molar-refractivity contribution in [3.8, 4) is 0 Å². The van der Waals surface area contributed by atoms with Crippen molar-refractivity contribution >= 4 is 23.9 Å². The molecule has 0 aliphatic carbocycles. The third kappa shape index (κ3) is 5.41. The molecule has 0 spiro atoms. The fourth-order valence-electron chi connectivity index (χ4n) is 3.30. The van der Waals surface area contributed by atoms with Gasteiger partial charge in [-0.15, -0.1) is 0 Å². The van der Waals surface area contributed by atoms with E-state index in [1.807, 2.05) is 0 Å². The number of esters is 1. The Hall–Kier alpha value is -2.16. The Morgan fingerprint density at radius 2 is 1.48 bits per heavy atom. The number of unbranched alkanes of at least 4 members (excludes halogenated alkanes) is 2. The predicted molar refractivity (Wildman–Crippen MR) is 94.1 cm³/mol. The van der Waals surface area contributed by atoms with E-state index in [1.54, 1.807) is 13.8 Å². The van der Waals surface area contributed by atoms with E-state index in [0.717, 1.165) is 0 Å². The molecule has 0 aromatic heterocycles. The molecule has 9 heteroatoms. The molecule has 156 valence electrons. The van der Waals surface area contributed by atoms with E-state index in [-0.39, 0.29) is 32.3 Å². The van der Waals surface area contributed by atoms with E-state index in [4.69, 9.17) is 4.74 Å². The average Bonchev–Trinajstić information content (AvgIpc) is 2.57. The van der Waals surface area contributed by atoms with Crippen LogP contribution in [0.25, 0.3) is 0 Å². The number of ether oxygens (including phenoxy) is 1. The van der Waals surface area contributed by atoms with Gasteiger partial charge in [0, 0.05) is 0 Å². The van der Waals surface area contributed by atoms with Gasteiger partial charge < -0.3 is 25.2 Å². The van der Waals surface area contributed by atoms with Crippen molar-refractivity contribution in [3.05, 3.63) is 0 Å². The van der Waals surface area contributed by atoms with Gasteiger partial charge in [-0.25, -0.2) is 4.79 Å². The van der Waals surface area contributed by atoms with Gasteiger partial charge in [0.25, 0.3) is 0 Å². The van der Waals surface area contributed by atoms with Crippen LogP contribution in [0.3, 0.4) is 0 Å². The summed E-state index contributed by atoms with van der Waals surface area (Å²) in [5, 5.41) is 40.3. The lowest BCUT2D eigenvalue weighted by Crippen LogP contribution is -2.64. The maximum atomic E-state index is 12.2. The van der Waals surface area contributed by atoms with Crippen LogP contribution in [-0.4, -0.2) is 56.5 Å². The number of carbonyl (C=O) groups excluding carboxylic acids is 1. The number of carboxylic acid groups (broad SMARTS) is 3. The Kier molecular flexibility index (Phi) is 9.99. The largest absolute Gasteiger partial charge is 0.481 e. The van der Waals surface area contributed by atoms with E-state index in [0.29, 0.717) is 12.8 Å². The molecule has 0 aliphatic heterocycles. The summed E-state index contributed by atoms with van der Waals surface area (Å²) in [6, 6.07) is 0. The molecule has 0 fully saturated rings. The van der Waals surface area contributed by atoms with Gasteiger partial charge in [0.1, 0.15) is 5.41 Å². The fourth-order valence-corrected chi connectivity index (χ4v) is 3.30. The van der Waals surface area contributed by atoms with Crippen LogP contribution in [0.15, 0.2) is 0 Å². The molecule has 0 heterocycles. The molecule has 27 heavy (non-hydrogen) atoms. The third-order valence-corrected chi connectivity index (χ3v) is 4.82. The van der Waals surface area contributed by atoms with Crippen molar-refractivity contribution in [1.82, 2.24) is 0 Å². The lowest BCUT2D eigenvalue weighted by molar-refractivity contribution is -0.209. The molecule has 4 N–H and O–H groups in total. The normalized spacial score (nSPS) is 16.6. The number of carbonyl (C=O) groups is 4. The summed E-state index contributed by atoms with van der Waals surface area (Å²) in [5.41, 5.74) is -5.71. The zero-order valence-electron chi connectivity index (χ0n) is 16.1. The molecule has 0 aromatic rings. The minimum atomic E-state index is -3.18. The summed E-state index contributed by atoms with van der Waals surface area (Å²) < 4.78 is 4.77. The zero-order valence-corrected chi connectivity index (χ0v) is 16.1. The molecule has 3 unspecified atom stereocenters. The van der Waals surface area contributed by atoms with Crippen molar-refractivity contribution in [1.29, 1.82) is 0 Å². The smallest absolute Gasteiger partial charge is 0.337 e. The predicted octanol–water partition coefficient (Wildman–Crippen LogP) is 1.91. The van der Waals surface area contributed by atoms with Crippen molar-refractivity contribution in [2.24, 2.45) is 11.3 Å². The Bertz CT molecular complexity index is 545. The van der Waals surface area contributed by atoms with Gasteiger partial charge in [-0.05, 0) is 19.8 Å². The Morgan fingerprint density at radius 3 is 1.85 bits per heavy atom. The first-order valence-corrected chi connectivity index (χ1v) is 9.12. The number of carboxylic acids is 3. The first-order valence-electron chi connectivity index (χ1n) is 9.12. The minimum absolute atomic E-state index is 0.0635. The summed E-state index contributed by atoms with van der Waals surface area (Å²) in [6.45, 7) is 4.91. The van der Waals surface area contributed by atoms with Crippen LogP contribution in [0, 0.1) is 11.3 Å². The van der Waals surface area contributed by atoms with Crippen LogP contribution in [0.1, 0.15) is 65.7 Å². The van der Waals surface area contributed by atoms with Crippen LogP contribution in [0.4, 0.5) is 0 Å². The second kappa shape index (κ2) is 10.9. The SMILES string of the molecule is CCCCC(C(=O)O)C(O)(C(=O)O)C(CCCC)(CC(=O)OCC)C(=O)O. The fraction of sp³-hybridized carbons (Fsp3) is 0.778. The number of hydrogen-bond acceptors (Lipinski definition) is 6. The van der Waals surface area contributed by atoms with Gasteiger partial charge in [-0.1, -0.05) is 39.5 Å². The lowest BCUT2D eigenvalue weighted by atomic mass is 9.60. The second-order valence-electron chi connectivity index (χ2n) is 6.58. The number of hydrogen-bond donors (Lipinski definition) is 4. The zero-order chi connectivity index (χ0) is 21.3. The Balaban J connectivity index is 6.56. The molecule has 0 aliphatic rings. The monoisotopic (exact) mass is 390 g/mol. The molecule has 0 aromatic carbocycles. The maximum Gasteiger partial charge on any atom is 0.337 e. The highest BCUT2D eigenvalue weighted by Crippen LogP contribution is 2.47. The molecule has 0 amide bonds. The molecule has 0 saturated carbocycles. The average molecular weight is 390 g/mol. The van der Waals surface area contributed by atoms with E-state index >= 15 is 0 Å². The van der Waals surface area contributed by atoms with Crippen molar-refractivity contribution < 1.29 is 44.3 Å². The lowest BCUT2D eigenvalue weighted by Gasteiger charge is -2.44. The molecule has 9 nitrogen and oxygen atoms in total. The first-order chi connectivity index (χ1) is 12.5. The summed E-state index contributed by atoms with van der Waals surface area (Å²) in [5.74, 6) is -8.24. The Labute approximate surface area is 158 Å². The standard InChI is InChI=1S/C18H30O9/c1-4-7-9-12(14(20)21)18(26,16(24)25)17(15(22)23,10-8-5-2)11-13(19)27-6-3/h12,26H,4-11H2,1-3H3,(H,20,21)(H,22,23)(H,24,25). The summed E-state index contributed by atoms with van der Waals surface area (Å²) >= 11 is 0. The van der Waals surface area contributed by atoms with Gasteiger partial charge in [0.2, 0.25) is 0 Å². The molecule has 0 radical (unpaired) electrons. The maximum absolute atomic E-state index is 12.2. The van der Waals surface area contributed by atoms with Crippen LogP contribution >= 0.6 is 0 Å². The highest BCUT2D eigenvalue weighted by atomic mass is 16.5. The quantitative estimate of drug-likeness (QED) is 0.325. The summed E-state index contributed by atoms with van der Waals surface area (Å²) in [6.07, 6.45) is -0.118. The van der Waals surface area contributed by atoms with Crippen LogP contribution < -0.4 is 0 Å². The van der Waals surface area contributed by atoms with E-state index in [9.17, 15) is 39.6 Å². The van der Waals surface area contributed by atoms with E-state index in [2.05, 4.69) is 0 Å². The third-order valence-electron chi connectivity index (χ3n) is 4.82. The van der Waals surface area contributed by atoms with Crippen LogP contribution in [0.2, 0.25) is 0 Å². The Morgan fingerprint density at radius 1 is 0.926 bits per heavy atom. The van der Waals surface area contributed by atoms with Gasteiger partial charge in [0.05, 0.1) is 18.9 Å². The van der Waals surface area contributed by atoms with Crippen LogP contribution in [0.5, 0.6) is 0 Å². The molecule has 0 bridgehead atoms. The van der Waals surface area contributed by atoms with Crippen molar-refractivity contribution in [2.45, 2.75) is 71.3 Å². The van der Waals surface area contributed by atoms with Crippen molar-refractivity contribution in [2.75, 3.05) is 6.61 Å². The topological polar surface area (TPSA) is 158 Å². The van der Waals surface area contributed by atoms with Crippen molar-refractivity contribution in [3.63, 3.8) is 0 Å². The highest BCUT2D eigenvalue weighted by Gasteiger charge is 2.66. The molecule has 0 rings (SSSR count). The summed E-state index contributed by atoms with van der Waals surface area (Å²) in [7, 11) is 0.